The summed E-state index contributed by atoms with van der Waals surface area (Å²) in [5, 5.41) is 0.874. The minimum Gasteiger partial charge on any atom is -0.495 e. The summed E-state index contributed by atoms with van der Waals surface area (Å²) in [6.45, 7) is 1.88. The van der Waals surface area contributed by atoms with E-state index in [-0.39, 0.29) is 0 Å². The van der Waals surface area contributed by atoms with Crippen LogP contribution >= 0.6 is 23.2 Å². The first kappa shape index (κ1) is 11.3. The van der Waals surface area contributed by atoms with Gasteiger partial charge in [0.05, 0.1) is 24.0 Å². The van der Waals surface area contributed by atoms with Gasteiger partial charge in [-0.05, 0) is 19.1 Å². The largest absolute Gasteiger partial charge is 0.495 e. The lowest BCUT2D eigenvalue weighted by Crippen LogP contribution is -1.87. The molecule has 16 heavy (non-hydrogen) atoms. The van der Waals surface area contributed by atoms with Crippen molar-refractivity contribution in [2.24, 2.45) is 0 Å². The van der Waals surface area contributed by atoms with E-state index in [9.17, 15) is 0 Å². The van der Waals surface area contributed by atoms with Gasteiger partial charge in [0.25, 0.3) is 0 Å². The van der Waals surface area contributed by atoms with E-state index in [1.165, 1.54) is 0 Å². The Balaban J connectivity index is 2.55. The predicted octanol–water partition coefficient (Wildman–Crippen LogP) is 3.70. The van der Waals surface area contributed by atoms with Crippen LogP contribution in [0.15, 0.2) is 18.3 Å². The zero-order valence-electron chi connectivity index (χ0n) is 8.84. The zero-order valence-corrected chi connectivity index (χ0v) is 10.4. The molecule has 1 N–H and O–H groups in total. The van der Waals surface area contributed by atoms with Crippen molar-refractivity contribution in [3.05, 3.63) is 34.2 Å². The molecule has 2 rings (SSSR count). The molecule has 0 atom stereocenters. The molecule has 0 aliphatic heterocycles. The Kier molecular flexibility index (Phi) is 3.08. The molecular formula is C11H10Cl2N2O. The van der Waals surface area contributed by atoms with Gasteiger partial charge in [-0.3, -0.25) is 0 Å². The molecule has 3 nitrogen and oxygen atoms in total. The number of imidazole rings is 1. The minimum atomic E-state index is 0.411. The number of aromatic nitrogens is 2. The van der Waals surface area contributed by atoms with E-state index < -0.39 is 0 Å². The highest BCUT2D eigenvalue weighted by atomic mass is 35.5. The molecule has 1 aromatic heterocycles. The number of rotatable bonds is 2. The van der Waals surface area contributed by atoms with Crippen molar-refractivity contribution in [1.29, 1.82) is 0 Å². The van der Waals surface area contributed by atoms with Crippen LogP contribution in [0, 0.1) is 6.92 Å². The van der Waals surface area contributed by atoms with E-state index in [0.29, 0.717) is 15.8 Å². The summed E-state index contributed by atoms with van der Waals surface area (Å²) in [6, 6.07) is 3.62. The third-order valence-electron chi connectivity index (χ3n) is 2.26. The monoisotopic (exact) mass is 256 g/mol. The van der Waals surface area contributed by atoms with E-state index in [2.05, 4.69) is 9.97 Å². The highest BCUT2D eigenvalue weighted by Gasteiger charge is 2.12. The third kappa shape index (κ3) is 1.88. The van der Waals surface area contributed by atoms with Crippen LogP contribution in [0.1, 0.15) is 5.82 Å². The van der Waals surface area contributed by atoms with Gasteiger partial charge >= 0.3 is 0 Å². The van der Waals surface area contributed by atoms with Gasteiger partial charge in [-0.15, -0.1) is 0 Å². The topological polar surface area (TPSA) is 37.9 Å². The van der Waals surface area contributed by atoms with Crippen LogP contribution < -0.4 is 4.74 Å². The molecular weight excluding hydrogens is 247 g/mol. The molecule has 0 saturated carbocycles. The lowest BCUT2D eigenvalue weighted by atomic mass is 10.1. The number of methoxy groups -OCH3 is 1. The fourth-order valence-corrected chi connectivity index (χ4v) is 1.95. The third-order valence-corrected chi connectivity index (χ3v) is 3.12. The zero-order chi connectivity index (χ0) is 11.7. The number of aryl methyl sites for hydroxylation is 1. The molecule has 5 heteroatoms. The Morgan fingerprint density at radius 3 is 2.56 bits per heavy atom. The van der Waals surface area contributed by atoms with Gasteiger partial charge < -0.3 is 9.72 Å². The normalized spacial score (nSPS) is 10.5. The maximum absolute atomic E-state index is 6.16. The number of H-pyrrole nitrogens is 1. The highest BCUT2D eigenvalue weighted by Crippen LogP contribution is 2.38. The Labute approximate surface area is 103 Å². The van der Waals surface area contributed by atoms with Crippen LogP contribution in [0.2, 0.25) is 10.0 Å². The SMILES string of the molecule is COc1ccc(-c2cnc(C)[nH]2)c(Cl)c1Cl. The number of halogens is 2. The second-order valence-corrected chi connectivity index (χ2v) is 4.08. The van der Waals surface area contributed by atoms with Crippen molar-refractivity contribution < 1.29 is 4.74 Å². The van der Waals surface area contributed by atoms with E-state index >= 15 is 0 Å². The van der Waals surface area contributed by atoms with Gasteiger partial charge in [0.2, 0.25) is 0 Å². The van der Waals surface area contributed by atoms with Crippen LogP contribution in [-0.2, 0) is 0 Å². The number of aromatic amines is 1. The molecule has 1 heterocycles. The molecule has 0 unspecified atom stereocenters. The number of hydrogen-bond acceptors (Lipinski definition) is 2. The number of benzene rings is 1. The lowest BCUT2D eigenvalue weighted by Gasteiger charge is -2.08. The molecule has 2 aromatic rings. The Morgan fingerprint density at radius 1 is 1.25 bits per heavy atom. The van der Waals surface area contributed by atoms with Crippen molar-refractivity contribution in [2.45, 2.75) is 6.92 Å². The molecule has 0 bridgehead atoms. The summed E-state index contributed by atoms with van der Waals surface area (Å²) in [7, 11) is 1.55. The van der Waals surface area contributed by atoms with Crippen LogP contribution in [-0.4, -0.2) is 17.1 Å². The standard InChI is InChI=1S/C11H10Cl2N2O/c1-6-14-5-8(15-6)7-3-4-9(16-2)11(13)10(7)12/h3-5H,1-2H3,(H,14,15). The van der Waals surface area contributed by atoms with Crippen molar-refractivity contribution in [2.75, 3.05) is 7.11 Å². The minimum absolute atomic E-state index is 0.411. The summed E-state index contributed by atoms with van der Waals surface area (Å²) in [5.74, 6) is 1.39. The maximum atomic E-state index is 6.16. The van der Waals surface area contributed by atoms with Crippen LogP contribution in [0.25, 0.3) is 11.3 Å². The molecule has 0 fully saturated rings. The maximum Gasteiger partial charge on any atom is 0.139 e. The van der Waals surface area contributed by atoms with Crippen LogP contribution in [0.4, 0.5) is 0 Å². The Morgan fingerprint density at radius 2 is 2.00 bits per heavy atom. The van der Waals surface area contributed by atoms with Crippen molar-refractivity contribution in [1.82, 2.24) is 9.97 Å². The van der Waals surface area contributed by atoms with Gasteiger partial charge in [0.15, 0.2) is 0 Å². The smallest absolute Gasteiger partial charge is 0.139 e. The van der Waals surface area contributed by atoms with Crippen molar-refractivity contribution in [3.63, 3.8) is 0 Å². The average molecular weight is 257 g/mol. The summed E-state index contributed by atoms with van der Waals surface area (Å²) in [6.07, 6.45) is 1.72. The van der Waals surface area contributed by atoms with Gasteiger partial charge in [0, 0.05) is 5.56 Å². The fourth-order valence-electron chi connectivity index (χ4n) is 1.46. The summed E-state index contributed by atoms with van der Waals surface area (Å²) >= 11 is 12.2. The molecule has 0 radical (unpaired) electrons. The molecule has 0 aliphatic rings. The molecule has 1 aromatic carbocycles. The van der Waals surface area contributed by atoms with Crippen molar-refractivity contribution >= 4 is 23.2 Å². The van der Waals surface area contributed by atoms with E-state index in [1.807, 2.05) is 13.0 Å². The molecule has 84 valence electrons. The van der Waals surface area contributed by atoms with Crippen LogP contribution in [0.3, 0.4) is 0 Å². The van der Waals surface area contributed by atoms with Crippen LogP contribution in [0.5, 0.6) is 5.75 Å². The molecule has 0 spiro atoms. The van der Waals surface area contributed by atoms with Gasteiger partial charge in [-0.2, -0.15) is 0 Å². The fraction of sp³-hybridized carbons (Fsp3) is 0.182. The molecule has 0 amide bonds. The summed E-state index contributed by atoms with van der Waals surface area (Å²) < 4.78 is 5.08. The first-order chi connectivity index (χ1) is 7.63. The van der Waals surface area contributed by atoms with Gasteiger partial charge in [-0.25, -0.2) is 4.98 Å². The number of ether oxygens (including phenoxy) is 1. The van der Waals surface area contributed by atoms with E-state index in [0.717, 1.165) is 17.1 Å². The van der Waals surface area contributed by atoms with Crippen molar-refractivity contribution in [3.8, 4) is 17.0 Å². The predicted molar refractivity (Wildman–Crippen MR) is 65.3 cm³/mol. The lowest BCUT2D eigenvalue weighted by molar-refractivity contribution is 0.415. The second-order valence-electron chi connectivity index (χ2n) is 3.33. The molecule has 0 saturated heterocycles. The average Bonchev–Trinajstić information content (AvgIpc) is 2.69. The van der Waals surface area contributed by atoms with E-state index in [4.69, 9.17) is 27.9 Å². The first-order valence-electron chi connectivity index (χ1n) is 4.67. The number of nitrogens with one attached hydrogen (secondary N) is 1. The highest BCUT2D eigenvalue weighted by molar-refractivity contribution is 6.44. The Bertz CT molecular complexity index is 523. The second kappa shape index (κ2) is 4.36. The number of hydrogen-bond donors (Lipinski definition) is 1. The molecule has 0 aliphatic carbocycles. The summed E-state index contributed by atoms with van der Waals surface area (Å²) in [5.41, 5.74) is 1.65. The Hall–Kier alpha value is -1.19. The van der Waals surface area contributed by atoms with E-state index in [1.54, 1.807) is 19.4 Å². The van der Waals surface area contributed by atoms with Gasteiger partial charge in [-0.1, -0.05) is 23.2 Å². The summed E-state index contributed by atoms with van der Waals surface area (Å²) in [4.78, 5) is 7.22. The number of nitrogens with zero attached hydrogens (tertiary/aromatic N) is 1. The first-order valence-corrected chi connectivity index (χ1v) is 5.43. The quantitative estimate of drug-likeness (QED) is 0.890. The van der Waals surface area contributed by atoms with Gasteiger partial charge in [0.1, 0.15) is 16.6 Å².